The van der Waals surface area contributed by atoms with Gasteiger partial charge in [-0.25, -0.2) is 0 Å². The number of carbonyl (C=O) groups is 2. The van der Waals surface area contributed by atoms with E-state index in [0.29, 0.717) is 12.8 Å². The number of rotatable bonds is 0. The van der Waals surface area contributed by atoms with Crippen LogP contribution in [0.4, 0.5) is 0 Å². The second-order valence-electron chi connectivity index (χ2n) is 3.49. The van der Waals surface area contributed by atoms with Crippen LogP contribution < -0.4 is 16.6 Å². The maximum atomic E-state index is 11.3. The molecule has 0 aromatic heterocycles. The lowest BCUT2D eigenvalue weighted by atomic mass is 9.85. The largest absolute Gasteiger partial charge is 0.328 e. The molecule has 13 heavy (non-hydrogen) atoms. The van der Waals surface area contributed by atoms with Gasteiger partial charge in [0.2, 0.25) is 0 Å². The fourth-order valence-corrected chi connectivity index (χ4v) is 1.95. The van der Waals surface area contributed by atoms with Crippen LogP contribution in [0.15, 0.2) is 0 Å². The van der Waals surface area contributed by atoms with Gasteiger partial charge in [0.25, 0.3) is 11.8 Å². The zero-order valence-corrected chi connectivity index (χ0v) is 7.82. The van der Waals surface area contributed by atoms with Crippen molar-refractivity contribution in [2.45, 2.75) is 25.3 Å². The molecule has 0 aromatic rings. The molecule has 1 heterocycles. The highest BCUT2D eigenvalue weighted by atomic mass is 35.5. The number of hydrogen-bond donors (Lipinski definition) is 3. The van der Waals surface area contributed by atoms with Gasteiger partial charge in [-0.05, 0) is 19.3 Å². The topological polar surface area (TPSA) is 84.2 Å². The van der Waals surface area contributed by atoms with Gasteiger partial charge in [0.15, 0.2) is 0 Å². The van der Waals surface area contributed by atoms with Gasteiger partial charge in [-0.1, -0.05) is 0 Å². The fourth-order valence-electron chi connectivity index (χ4n) is 1.95. The zero-order chi connectivity index (χ0) is 8.77. The van der Waals surface area contributed by atoms with Crippen molar-refractivity contribution in [3.8, 4) is 0 Å². The molecule has 1 saturated carbocycles. The molecule has 1 saturated heterocycles. The maximum absolute atomic E-state index is 11.3. The van der Waals surface area contributed by atoms with Crippen molar-refractivity contribution in [1.29, 1.82) is 0 Å². The average Bonchev–Trinajstić information content (AvgIpc) is 2.53. The molecular formula is C7H12ClN3O2. The summed E-state index contributed by atoms with van der Waals surface area (Å²) in [4.78, 5) is 22.6. The van der Waals surface area contributed by atoms with Gasteiger partial charge in [-0.15, -0.1) is 12.4 Å². The number of nitrogens with two attached hydrogens (primary N) is 1. The highest BCUT2D eigenvalue weighted by Crippen LogP contribution is 2.39. The third kappa shape index (κ3) is 1.28. The molecule has 4 N–H and O–H groups in total. The summed E-state index contributed by atoms with van der Waals surface area (Å²) in [5.74, 6) is -0.444. The Labute approximate surface area is 81.8 Å². The van der Waals surface area contributed by atoms with Crippen molar-refractivity contribution < 1.29 is 9.59 Å². The number of nitrogens with one attached hydrogen (secondary N) is 2. The van der Waals surface area contributed by atoms with Crippen molar-refractivity contribution in [2.75, 3.05) is 0 Å². The lowest BCUT2D eigenvalue weighted by Gasteiger charge is -2.14. The molecule has 2 rings (SSSR count). The van der Waals surface area contributed by atoms with E-state index in [4.69, 9.17) is 5.73 Å². The minimum atomic E-state index is -0.848. The summed E-state index contributed by atoms with van der Waals surface area (Å²) in [6, 6.07) is -0.0143. The summed E-state index contributed by atoms with van der Waals surface area (Å²) >= 11 is 0. The lowest BCUT2D eigenvalue weighted by Crippen LogP contribution is -2.34. The van der Waals surface area contributed by atoms with Crippen LogP contribution in [-0.2, 0) is 9.59 Å². The maximum Gasteiger partial charge on any atom is 0.254 e. The highest BCUT2D eigenvalue weighted by Gasteiger charge is 2.54. The predicted molar refractivity (Wildman–Crippen MR) is 47.8 cm³/mol. The van der Waals surface area contributed by atoms with E-state index in [1.54, 1.807) is 0 Å². The summed E-state index contributed by atoms with van der Waals surface area (Å²) in [7, 11) is 0. The molecule has 2 amide bonds. The van der Waals surface area contributed by atoms with Gasteiger partial charge >= 0.3 is 0 Å². The third-order valence-corrected chi connectivity index (χ3v) is 2.71. The first kappa shape index (κ1) is 10.3. The van der Waals surface area contributed by atoms with Gasteiger partial charge < -0.3 is 5.73 Å². The van der Waals surface area contributed by atoms with Crippen LogP contribution in [-0.4, -0.2) is 17.9 Å². The number of hydrogen-bond acceptors (Lipinski definition) is 3. The van der Waals surface area contributed by atoms with Gasteiger partial charge in [0.1, 0.15) is 5.41 Å². The standard InChI is InChI=1S/C7H11N3O2.ClH/c8-4-1-2-7(3-4)5(11)9-10-6(7)12;/h4H,1-3,8H2,(H,9,11)(H,10,12);1H. The Morgan fingerprint density at radius 1 is 1.31 bits per heavy atom. The molecular weight excluding hydrogens is 194 g/mol. The lowest BCUT2D eigenvalue weighted by molar-refractivity contribution is -0.135. The first-order chi connectivity index (χ1) is 5.65. The van der Waals surface area contributed by atoms with E-state index in [2.05, 4.69) is 10.9 Å². The Balaban J connectivity index is 0.000000845. The number of halogens is 1. The Kier molecular flexibility index (Phi) is 2.49. The average molecular weight is 206 g/mol. The molecule has 2 aliphatic rings. The third-order valence-electron chi connectivity index (χ3n) is 2.71. The SMILES string of the molecule is Cl.NC1CCC2(C1)C(=O)NNC2=O. The van der Waals surface area contributed by atoms with Crippen molar-refractivity contribution in [3.63, 3.8) is 0 Å². The van der Waals surface area contributed by atoms with Gasteiger partial charge in [0, 0.05) is 6.04 Å². The molecule has 1 atom stereocenters. The summed E-state index contributed by atoms with van der Waals surface area (Å²) in [6.45, 7) is 0. The smallest absolute Gasteiger partial charge is 0.254 e. The van der Waals surface area contributed by atoms with Crippen LogP contribution in [0.25, 0.3) is 0 Å². The molecule has 1 aliphatic carbocycles. The Morgan fingerprint density at radius 2 is 1.85 bits per heavy atom. The minimum absolute atomic E-state index is 0. The minimum Gasteiger partial charge on any atom is -0.328 e. The van der Waals surface area contributed by atoms with Gasteiger partial charge in [0.05, 0.1) is 0 Å². The van der Waals surface area contributed by atoms with Crippen LogP contribution in [0.5, 0.6) is 0 Å². The molecule has 1 aliphatic heterocycles. The van der Waals surface area contributed by atoms with E-state index in [-0.39, 0.29) is 30.3 Å². The number of carbonyl (C=O) groups excluding carboxylic acids is 2. The summed E-state index contributed by atoms with van der Waals surface area (Å²) < 4.78 is 0. The molecule has 0 radical (unpaired) electrons. The Hall–Kier alpha value is -0.810. The fraction of sp³-hybridized carbons (Fsp3) is 0.714. The summed E-state index contributed by atoms with van der Waals surface area (Å²) in [5.41, 5.74) is 9.46. The Morgan fingerprint density at radius 3 is 2.23 bits per heavy atom. The monoisotopic (exact) mass is 205 g/mol. The Bertz CT molecular complexity index is 240. The molecule has 1 spiro atoms. The quantitative estimate of drug-likeness (QED) is 0.447. The molecule has 74 valence electrons. The van der Waals surface area contributed by atoms with Crippen LogP contribution >= 0.6 is 12.4 Å². The van der Waals surface area contributed by atoms with Crippen LogP contribution in [0.1, 0.15) is 19.3 Å². The number of hydrazine groups is 1. The molecule has 0 bridgehead atoms. The van der Waals surface area contributed by atoms with Crippen LogP contribution in [0.2, 0.25) is 0 Å². The molecule has 2 fully saturated rings. The first-order valence-electron chi connectivity index (χ1n) is 4.02. The molecule has 1 unspecified atom stereocenters. The second kappa shape index (κ2) is 3.16. The van der Waals surface area contributed by atoms with E-state index >= 15 is 0 Å². The van der Waals surface area contributed by atoms with E-state index in [1.807, 2.05) is 0 Å². The zero-order valence-electron chi connectivity index (χ0n) is 7.00. The van der Waals surface area contributed by atoms with Crippen molar-refractivity contribution in [2.24, 2.45) is 11.1 Å². The molecule has 6 heteroatoms. The van der Waals surface area contributed by atoms with Crippen molar-refractivity contribution in [1.82, 2.24) is 10.9 Å². The van der Waals surface area contributed by atoms with Gasteiger partial charge in [-0.2, -0.15) is 0 Å². The first-order valence-corrected chi connectivity index (χ1v) is 4.02. The summed E-state index contributed by atoms with van der Waals surface area (Å²) in [6.07, 6.45) is 1.80. The van der Waals surface area contributed by atoms with Crippen LogP contribution in [0, 0.1) is 5.41 Å². The van der Waals surface area contributed by atoms with E-state index in [9.17, 15) is 9.59 Å². The van der Waals surface area contributed by atoms with Crippen molar-refractivity contribution >= 4 is 24.2 Å². The van der Waals surface area contributed by atoms with E-state index < -0.39 is 5.41 Å². The summed E-state index contributed by atoms with van der Waals surface area (Å²) in [5, 5.41) is 0. The van der Waals surface area contributed by atoms with Gasteiger partial charge in [-0.3, -0.25) is 20.4 Å². The number of amides is 2. The van der Waals surface area contributed by atoms with E-state index in [1.165, 1.54) is 0 Å². The van der Waals surface area contributed by atoms with E-state index in [0.717, 1.165) is 6.42 Å². The predicted octanol–water partition coefficient (Wildman–Crippen LogP) is -0.933. The molecule has 0 aromatic carbocycles. The molecule has 5 nitrogen and oxygen atoms in total. The van der Waals surface area contributed by atoms with Crippen LogP contribution in [0.3, 0.4) is 0 Å². The normalized spacial score (nSPS) is 29.8. The highest BCUT2D eigenvalue weighted by molar-refractivity contribution is 6.10. The second-order valence-corrected chi connectivity index (χ2v) is 3.49. The van der Waals surface area contributed by atoms with Crippen molar-refractivity contribution in [3.05, 3.63) is 0 Å².